The van der Waals surface area contributed by atoms with Gasteiger partial charge in [-0.2, -0.15) is 0 Å². The fraction of sp³-hybridized carbons (Fsp3) is 0.538. The molecule has 0 bridgehead atoms. The molecule has 1 saturated carbocycles. The molecule has 3 aromatic rings. The molecule has 2 aromatic heterocycles. The van der Waals surface area contributed by atoms with Gasteiger partial charge >= 0.3 is 0 Å². The van der Waals surface area contributed by atoms with Crippen molar-refractivity contribution in [1.82, 2.24) is 25.2 Å². The molecule has 1 aromatic carbocycles. The molecule has 1 aliphatic carbocycles. The minimum absolute atomic E-state index is 0.0294. The number of anilines is 1. The van der Waals surface area contributed by atoms with Gasteiger partial charge in [0.2, 0.25) is 5.91 Å². The van der Waals surface area contributed by atoms with Crippen LogP contribution in [0.5, 0.6) is 0 Å². The Bertz CT molecular complexity index is 1200. The van der Waals surface area contributed by atoms with Crippen molar-refractivity contribution in [2.45, 2.75) is 70.1 Å². The van der Waals surface area contributed by atoms with Crippen molar-refractivity contribution < 1.29 is 9.90 Å². The molecule has 0 atom stereocenters. The van der Waals surface area contributed by atoms with E-state index in [-0.39, 0.29) is 18.5 Å². The quantitative estimate of drug-likeness (QED) is 0.461. The van der Waals surface area contributed by atoms with Crippen molar-refractivity contribution >= 4 is 34.0 Å². The number of benzene rings is 1. The summed E-state index contributed by atoms with van der Waals surface area (Å²) >= 11 is 1.65. The molecule has 8 nitrogen and oxygen atoms in total. The Morgan fingerprint density at radius 3 is 2.71 bits per heavy atom. The lowest BCUT2D eigenvalue weighted by Gasteiger charge is -2.48. The molecule has 186 valence electrons. The Morgan fingerprint density at radius 2 is 2.00 bits per heavy atom. The van der Waals surface area contributed by atoms with Crippen molar-refractivity contribution in [3.8, 4) is 0 Å². The van der Waals surface area contributed by atoms with Gasteiger partial charge in [0.05, 0.1) is 28.0 Å². The van der Waals surface area contributed by atoms with E-state index in [1.165, 1.54) is 6.33 Å². The number of thiazole rings is 1. The van der Waals surface area contributed by atoms with Crippen molar-refractivity contribution in [3.05, 3.63) is 46.2 Å². The molecule has 1 saturated heterocycles. The number of fused-ring (bicyclic) bond motifs is 1. The second-order valence-electron chi connectivity index (χ2n) is 10.3. The highest BCUT2D eigenvalue weighted by molar-refractivity contribution is 7.11. The van der Waals surface area contributed by atoms with E-state index in [1.807, 2.05) is 31.3 Å². The van der Waals surface area contributed by atoms with E-state index in [9.17, 15) is 9.90 Å². The van der Waals surface area contributed by atoms with Crippen LogP contribution in [0.1, 0.15) is 60.9 Å². The summed E-state index contributed by atoms with van der Waals surface area (Å²) in [5, 5.41) is 19.5. The van der Waals surface area contributed by atoms with Crippen molar-refractivity contribution in [2.24, 2.45) is 0 Å². The lowest BCUT2D eigenvalue weighted by atomic mass is 9.80. The highest BCUT2D eigenvalue weighted by Gasteiger charge is 2.41. The maximum absolute atomic E-state index is 12.5. The number of hydrogen-bond acceptors (Lipinski definition) is 8. The maximum atomic E-state index is 12.5. The van der Waals surface area contributed by atoms with Crippen LogP contribution in [0, 0.1) is 6.92 Å². The highest BCUT2D eigenvalue weighted by Crippen LogP contribution is 2.42. The first-order valence-corrected chi connectivity index (χ1v) is 13.3. The maximum Gasteiger partial charge on any atom is 0.239 e. The third-order valence-electron chi connectivity index (χ3n) is 7.26. The van der Waals surface area contributed by atoms with Gasteiger partial charge in [-0.3, -0.25) is 9.69 Å². The Kier molecular flexibility index (Phi) is 6.74. The molecule has 0 spiro atoms. The summed E-state index contributed by atoms with van der Waals surface area (Å²) in [5.41, 5.74) is 1.25. The number of carbonyl (C=O) groups is 1. The summed E-state index contributed by atoms with van der Waals surface area (Å²) in [6, 6.07) is 6.65. The number of rotatable bonds is 7. The smallest absolute Gasteiger partial charge is 0.239 e. The number of aliphatic hydroxyl groups is 1. The third kappa shape index (κ3) is 5.17. The lowest BCUT2D eigenvalue weighted by molar-refractivity contribution is -0.121. The zero-order chi connectivity index (χ0) is 24.6. The molecular weight excluding hydrogens is 460 g/mol. The molecule has 0 radical (unpaired) electrons. The Balaban J connectivity index is 1.07. The topological polar surface area (TPSA) is 103 Å². The Morgan fingerprint density at radius 1 is 1.23 bits per heavy atom. The second kappa shape index (κ2) is 9.79. The first-order valence-electron chi connectivity index (χ1n) is 12.5. The Labute approximate surface area is 210 Å². The number of nitrogens with one attached hydrogen (secondary N) is 2. The predicted molar refractivity (Wildman–Crippen MR) is 139 cm³/mol. The van der Waals surface area contributed by atoms with E-state index in [0.717, 1.165) is 65.1 Å². The lowest BCUT2D eigenvalue weighted by Crippen LogP contribution is -2.63. The van der Waals surface area contributed by atoms with Gasteiger partial charge in [0.25, 0.3) is 0 Å². The van der Waals surface area contributed by atoms with Gasteiger partial charge in [-0.1, -0.05) is 25.5 Å². The summed E-state index contributed by atoms with van der Waals surface area (Å²) < 4.78 is 0. The van der Waals surface area contributed by atoms with E-state index >= 15 is 0 Å². The molecule has 35 heavy (non-hydrogen) atoms. The molecule has 0 unspecified atom stereocenters. The van der Waals surface area contributed by atoms with E-state index in [2.05, 4.69) is 44.3 Å². The van der Waals surface area contributed by atoms with Gasteiger partial charge in [-0.25, -0.2) is 15.0 Å². The summed E-state index contributed by atoms with van der Waals surface area (Å²) in [7, 11) is 0. The fourth-order valence-corrected chi connectivity index (χ4v) is 6.18. The number of nitrogens with zero attached hydrogens (tertiary/aromatic N) is 4. The van der Waals surface area contributed by atoms with Gasteiger partial charge < -0.3 is 15.7 Å². The summed E-state index contributed by atoms with van der Waals surface area (Å²) in [6.07, 6.45) is 6.85. The number of carbonyl (C=O) groups excluding carboxylic acids is 1. The van der Waals surface area contributed by atoms with Crippen LogP contribution in [0.4, 0.5) is 5.82 Å². The number of likely N-dealkylation sites (tertiary alicyclic amines) is 1. The standard InChI is InChI=1S/C26H34N6O2S/c1-16(2)25-28-11-22(35-25)26(34)8-6-19(7-9-26)32-13-18(14-32)31-23(33)12-27-24-20-10-17(3)4-5-21(20)29-15-30-24/h4-5,10-11,15-16,18-19,34H,6-9,12-14H2,1-3H3,(H,31,33)(H,27,29,30). The molecule has 1 amide bonds. The van der Waals surface area contributed by atoms with Gasteiger partial charge in [0.15, 0.2) is 0 Å². The van der Waals surface area contributed by atoms with Crippen LogP contribution < -0.4 is 10.6 Å². The number of aryl methyl sites for hydroxylation is 1. The molecule has 2 aliphatic rings. The van der Waals surface area contributed by atoms with E-state index in [4.69, 9.17) is 0 Å². The summed E-state index contributed by atoms with van der Waals surface area (Å²) in [6.45, 7) is 8.21. The van der Waals surface area contributed by atoms with Crippen molar-refractivity contribution in [3.63, 3.8) is 0 Å². The van der Waals surface area contributed by atoms with Gasteiger partial charge in [-0.15, -0.1) is 11.3 Å². The summed E-state index contributed by atoms with van der Waals surface area (Å²) in [4.78, 5) is 29.1. The van der Waals surface area contributed by atoms with Gasteiger partial charge in [0, 0.05) is 36.6 Å². The molecule has 3 heterocycles. The van der Waals surface area contributed by atoms with Crippen LogP contribution in [0.25, 0.3) is 10.9 Å². The van der Waals surface area contributed by atoms with Crippen LogP contribution in [-0.4, -0.2) is 62.6 Å². The van der Waals surface area contributed by atoms with Crippen LogP contribution in [-0.2, 0) is 10.4 Å². The molecule has 3 N–H and O–H groups in total. The average Bonchev–Trinajstić information content (AvgIpc) is 3.32. The molecule has 1 aliphatic heterocycles. The first-order chi connectivity index (χ1) is 16.8. The molecular formula is C26H34N6O2S. The molecule has 9 heteroatoms. The zero-order valence-electron chi connectivity index (χ0n) is 20.6. The Hall–Kier alpha value is -2.62. The van der Waals surface area contributed by atoms with Gasteiger partial charge in [0.1, 0.15) is 17.7 Å². The number of hydrogen-bond donors (Lipinski definition) is 3. The largest absolute Gasteiger partial charge is 0.384 e. The fourth-order valence-electron chi connectivity index (χ4n) is 5.12. The zero-order valence-corrected chi connectivity index (χ0v) is 21.4. The van der Waals surface area contributed by atoms with E-state index in [0.29, 0.717) is 17.8 Å². The molecule has 2 fully saturated rings. The molecule has 5 rings (SSSR count). The van der Waals surface area contributed by atoms with Crippen molar-refractivity contribution in [1.29, 1.82) is 0 Å². The van der Waals surface area contributed by atoms with Gasteiger partial charge in [-0.05, 0) is 44.7 Å². The first kappa shape index (κ1) is 24.1. The van der Waals surface area contributed by atoms with Crippen LogP contribution in [0.15, 0.2) is 30.7 Å². The normalized spacial score (nSPS) is 23.4. The third-order valence-corrected chi connectivity index (χ3v) is 8.75. The van der Waals surface area contributed by atoms with Crippen LogP contribution in [0.3, 0.4) is 0 Å². The number of aromatic nitrogens is 3. The van der Waals surface area contributed by atoms with Crippen LogP contribution >= 0.6 is 11.3 Å². The predicted octanol–water partition coefficient (Wildman–Crippen LogP) is 3.56. The van der Waals surface area contributed by atoms with E-state index < -0.39 is 5.60 Å². The minimum atomic E-state index is -0.741. The average molecular weight is 495 g/mol. The minimum Gasteiger partial charge on any atom is -0.384 e. The monoisotopic (exact) mass is 494 g/mol. The SMILES string of the molecule is Cc1ccc2ncnc(NCC(=O)NC3CN(C4CCC(O)(c5cnc(C(C)C)s5)CC4)C3)c2c1. The highest BCUT2D eigenvalue weighted by atomic mass is 32.1. The second-order valence-corrected chi connectivity index (χ2v) is 11.4. The summed E-state index contributed by atoms with van der Waals surface area (Å²) in [5.74, 6) is 1.04. The number of amides is 1. The van der Waals surface area contributed by atoms with E-state index in [1.54, 1.807) is 11.3 Å². The van der Waals surface area contributed by atoms with Crippen LogP contribution in [0.2, 0.25) is 0 Å². The van der Waals surface area contributed by atoms with Crippen molar-refractivity contribution in [2.75, 3.05) is 25.0 Å².